The van der Waals surface area contributed by atoms with Gasteiger partial charge in [0.2, 0.25) is 0 Å². The second-order valence-electron chi connectivity index (χ2n) is 13.4. The molecule has 0 heterocycles. The first-order valence-corrected chi connectivity index (χ1v) is 19.3. The molecule has 3 aromatic carbocycles. The summed E-state index contributed by atoms with van der Waals surface area (Å²) >= 11 is 0. The lowest BCUT2D eigenvalue weighted by molar-refractivity contribution is 0.0627. The highest BCUT2D eigenvalue weighted by atomic mass is 16.5. The molecule has 0 N–H and O–H groups in total. The summed E-state index contributed by atoms with van der Waals surface area (Å²) in [6.07, 6.45) is 27.2. The average Bonchev–Trinajstić information content (AvgIpc) is 3.10. The quantitative estimate of drug-likeness (QED) is 0.0784. The molecule has 2 nitrogen and oxygen atoms in total. The van der Waals surface area contributed by atoms with Crippen LogP contribution in [0, 0.1) is 0 Å². The Balaban J connectivity index is 1.35. The molecule has 0 aliphatic heterocycles. The van der Waals surface area contributed by atoms with E-state index in [1.165, 1.54) is 143 Å². The zero-order valence-corrected chi connectivity index (χ0v) is 29.9. The molecule has 46 heavy (non-hydrogen) atoms. The summed E-state index contributed by atoms with van der Waals surface area (Å²) in [4.78, 5) is 0. The van der Waals surface area contributed by atoms with E-state index in [0.717, 1.165) is 31.8 Å². The molecule has 0 aromatic heterocycles. The Morgan fingerprint density at radius 2 is 0.826 bits per heavy atom. The van der Waals surface area contributed by atoms with Crippen LogP contribution >= 0.6 is 0 Å². The van der Waals surface area contributed by atoms with Crippen LogP contribution < -0.4 is 4.74 Å². The molecule has 0 radical (unpaired) electrons. The first-order chi connectivity index (χ1) is 22.7. The summed E-state index contributed by atoms with van der Waals surface area (Å²) in [6.45, 7) is 8.40. The normalized spacial score (nSPS) is 12.0. The Hall–Kier alpha value is -2.58. The molecule has 0 fully saturated rings. The molecule has 1 unspecified atom stereocenters. The van der Waals surface area contributed by atoms with Crippen molar-refractivity contribution < 1.29 is 9.47 Å². The molecule has 0 saturated heterocycles. The zero-order chi connectivity index (χ0) is 32.5. The van der Waals surface area contributed by atoms with Gasteiger partial charge in [0.05, 0.1) is 12.7 Å². The van der Waals surface area contributed by atoms with Gasteiger partial charge in [0.15, 0.2) is 0 Å². The van der Waals surface area contributed by atoms with Gasteiger partial charge in [-0.3, -0.25) is 0 Å². The summed E-state index contributed by atoms with van der Waals surface area (Å²) in [5, 5.41) is 0. The summed E-state index contributed by atoms with van der Waals surface area (Å²) in [6, 6.07) is 26.3. The van der Waals surface area contributed by atoms with Crippen LogP contribution in [-0.4, -0.2) is 13.2 Å². The lowest BCUT2D eigenvalue weighted by atomic mass is 9.94. The molecule has 0 bridgehead atoms. The molecule has 3 aromatic rings. The molecule has 0 spiro atoms. The molecule has 0 saturated carbocycles. The van der Waals surface area contributed by atoms with Gasteiger partial charge in [-0.1, -0.05) is 190 Å². The molecular formula is C44H66O2. The maximum atomic E-state index is 6.23. The molecule has 254 valence electrons. The number of hydrogen-bond donors (Lipinski definition) is 0. The summed E-state index contributed by atoms with van der Waals surface area (Å²) in [7, 11) is 0. The minimum absolute atomic E-state index is 0.121. The maximum Gasteiger partial charge on any atom is 0.119 e. The zero-order valence-electron chi connectivity index (χ0n) is 29.9. The predicted octanol–water partition coefficient (Wildman–Crippen LogP) is 14.3. The molecule has 0 amide bonds. The lowest BCUT2D eigenvalue weighted by Crippen LogP contribution is -2.02. The Morgan fingerprint density at radius 1 is 0.435 bits per heavy atom. The Labute approximate surface area is 283 Å². The van der Waals surface area contributed by atoms with Crippen LogP contribution in [-0.2, 0) is 4.74 Å². The van der Waals surface area contributed by atoms with Gasteiger partial charge in [-0.25, -0.2) is 0 Å². The lowest BCUT2D eigenvalue weighted by Gasteiger charge is -2.15. The van der Waals surface area contributed by atoms with Gasteiger partial charge in [0, 0.05) is 6.61 Å². The van der Waals surface area contributed by atoms with Crippen molar-refractivity contribution in [2.75, 3.05) is 13.2 Å². The molecule has 3 rings (SSSR count). The molecule has 1 atom stereocenters. The topological polar surface area (TPSA) is 18.5 Å². The van der Waals surface area contributed by atoms with Crippen molar-refractivity contribution in [3.05, 3.63) is 78.4 Å². The Bertz CT molecular complexity index is 1130. The van der Waals surface area contributed by atoms with Crippen LogP contribution in [0.5, 0.6) is 5.75 Å². The fraction of sp³-hybridized carbons (Fsp3) is 0.591. The van der Waals surface area contributed by atoms with Gasteiger partial charge in [-0.15, -0.1) is 0 Å². The van der Waals surface area contributed by atoms with E-state index >= 15 is 0 Å². The largest absolute Gasteiger partial charge is 0.494 e. The third kappa shape index (κ3) is 15.3. The maximum absolute atomic E-state index is 6.23. The summed E-state index contributed by atoms with van der Waals surface area (Å²) < 4.78 is 12.3. The minimum Gasteiger partial charge on any atom is -0.494 e. The first-order valence-electron chi connectivity index (χ1n) is 19.3. The van der Waals surface area contributed by atoms with E-state index < -0.39 is 0 Å². The fourth-order valence-corrected chi connectivity index (χ4v) is 6.38. The Kier molecular flexibility index (Phi) is 20.2. The predicted molar refractivity (Wildman–Crippen MR) is 201 cm³/mol. The smallest absolute Gasteiger partial charge is 0.119 e. The first kappa shape index (κ1) is 37.9. The van der Waals surface area contributed by atoms with Gasteiger partial charge in [0.25, 0.3) is 0 Å². The summed E-state index contributed by atoms with van der Waals surface area (Å²) in [5.41, 5.74) is 6.21. The van der Waals surface area contributed by atoms with Crippen LogP contribution in [0.15, 0.2) is 72.8 Å². The van der Waals surface area contributed by atoms with Crippen molar-refractivity contribution in [1.29, 1.82) is 0 Å². The van der Waals surface area contributed by atoms with Gasteiger partial charge >= 0.3 is 0 Å². The van der Waals surface area contributed by atoms with E-state index in [4.69, 9.17) is 9.47 Å². The van der Waals surface area contributed by atoms with E-state index in [1.54, 1.807) is 0 Å². The number of ether oxygens (including phenoxy) is 2. The molecule has 2 heteroatoms. The van der Waals surface area contributed by atoms with Crippen molar-refractivity contribution in [3.8, 4) is 28.0 Å². The van der Waals surface area contributed by atoms with Crippen LogP contribution in [0.1, 0.15) is 161 Å². The van der Waals surface area contributed by atoms with E-state index in [0.29, 0.717) is 0 Å². The highest BCUT2D eigenvalue weighted by molar-refractivity contribution is 5.83. The SMILES string of the molecule is CCCCCCCCCCCCCCCOC(C)c1ccc(-c2ccccc2-c2ccc(OCCCCCCCCC)cc2)cc1. The number of unbranched alkanes of at least 4 members (excludes halogenated alkanes) is 18. The minimum atomic E-state index is 0.121. The third-order valence-corrected chi connectivity index (χ3v) is 9.42. The van der Waals surface area contributed by atoms with Crippen LogP contribution in [0.3, 0.4) is 0 Å². The van der Waals surface area contributed by atoms with Crippen molar-refractivity contribution in [2.45, 2.75) is 155 Å². The van der Waals surface area contributed by atoms with E-state index in [1.807, 2.05) is 0 Å². The highest BCUT2D eigenvalue weighted by Crippen LogP contribution is 2.34. The monoisotopic (exact) mass is 627 g/mol. The highest BCUT2D eigenvalue weighted by Gasteiger charge is 2.10. The van der Waals surface area contributed by atoms with Gasteiger partial charge < -0.3 is 9.47 Å². The van der Waals surface area contributed by atoms with Crippen LogP contribution in [0.2, 0.25) is 0 Å². The van der Waals surface area contributed by atoms with Gasteiger partial charge in [-0.05, 0) is 59.7 Å². The fourth-order valence-electron chi connectivity index (χ4n) is 6.38. The second-order valence-corrected chi connectivity index (χ2v) is 13.4. The number of rotatable bonds is 27. The number of hydrogen-bond acceptors (Lipinski definition) is 2. The molecule has 0 aliphatic rings. The standard InChI is InChI=1S/C44H66O2/c1-4-6-8-10-12-13-14-15-16-17-19-20-24-36-45-38(3)39-28-30-40(31-29-39)43-26-22-23-27-44(43)41-32-34-42(35-33-41)46-37-25-21-18-11-9-7-5-2/h22-23,26-35,38H,4-21,24-25,36-37H2,1-3H3. The molecule has 0 aliphatic carbocycles. The van der Waals surface area contributed by atoms with E-state index in [2.05, 4.69) is 93.6 Å². The number of benzene rings is 3. The van der Waals surface area contributed by atoms with E-state index in [9.17, 15) is 0 Å². The third-order valence-electron chi connectivity index (χ3n) is 9.42. The van der Waals surface area contributed by atoms with Crippen molar-refractivity contribution >= 4 is 0 Å². The van der Waals surface area contributed by atoms with Crippen molar-refractivity contribution in [3.63, 3.8) is 0 Å². The second kappa shape index (κ2) is 24.6. The van der Waals surface area contributed by atoms with E-state index in [-0.39, 0.29) is 6.10 Å². The molecular weight excluding hydrogens is 560 g/mol. The van der Waals surface area contributed by atoms with Gasteiger partial charge in [-0.2, -0.15) is 0 Å². The van der Waals surface area contributed by atoms with Crippen molar-refractivity contribution in [1.82, 2.24) is 0 Å². The van der Waals surface area contributed by atoms with Crippen molar-refractivity contribution in [2.24, 2.45) is 0 Å². The average molecular weight is 627 g/mol. The van der Waals surface area contributed by atoms with Crippen LogP contribution in [0.4, 0.5) is 0 Å². The van der Waals surface area contributed by atoms with Crippen LogP contribution in [0.25, 0.3) is 22.3 Å². The summed E-state index contributed by atoms with van der Waals surface area (Å²) in [5.74, 6) is 0.962. The van der Waals surface area contributed by atoms with Gasteiger partial charge in [0.1, 0.15) is 5.75 Å². The Morgan fingerprint density at radius 3 is 1.28 bits per heavy atom.